The van der Waals surface area contributed by atoms with Gasteiger partial charge in [-0.2, -0.15) is 0 Å². The molecule has 1 aromatic rings. The minimum atomic E-state index is -0.474. The molecule has 2 aliphatic rings. The van der Waals surface area contributed by atoms with Gasteiger partial charge in [-0.1, -0.05) is 12.8 Å². The van der Waals surface area contributed by atoms with E-state index in [1.807, 2.05) is 13.8 Å². The summed E-state index contributed by atoms with van der Waals surface area (Å²) in [7, 11) is 0. The van der Waals surface area contributed by atoms with Crippen LogP contribution in [0.1, 0.15) is 49.9 Å². The van der Waals surface area contributed by atoms with Gasteiger partial charge in [0.25, 0.3) is 11.6 Å². The number of nitrogens with one attached hydrogen (secondary N) is 1. The number of carbonyl (C=O) groups excluding carboxylic acids is 2. The van der Waals surface area contributed by atoms with Gasteiger partial charge >= 0.3 is 0 Å². The maximum absolute atomic E-state index is 12.9. The Morgan fingerprint density at radius 3 is 2.17 bits per heavy atom. The Bertz CT molecular complexity index is 736. The van der Waals surface area contributed by atoms with Crippen molar-refractivity contribution in [3.63, 3.8) is 0 Å². The molecule has 1 heterocycles. The lowest BCUT2D eigenvalue weighted by Gasteiger charge is -2.41. The lowest BCUT2D eigenvalue weighted by Crippen LogP contribution is -2.58. The summed E-state index contributed by atoms with van der Waals surface area (Å²) in [6, 6.07) is 5.70. The molecule has 2 fully saturated rings. The highest BCUT2D eigenvalue weighted by atomic mass is 16.6. The standard InChI is InChI=1S/C21H30N4O4/c1-15(2)22-20(26)19(16-5-3-4-6-16)23-11-13-24(14-12-23)21(27)17-7-9-18(10-8-17)25(28)29/h7-10,15-16,19H,3-6,11-14H2,1-2H3,(H,22,26). The predicted octanol–water partition coefficient (Wildman–Crippen LogP) is 2.44. The number of nitro groups is 1. The second kappa shape index (κ2) is 9.35. The molecule has 1 aliphatic heterocycles. The van der Waals surface area contributed by atoms with Gasteiger partial charge in [-0.05, 0) is 44.7 Å². The van der Waals surface area contributed by atoms with Crippen molar-refractivity contribution in [2.24, 2.45) is 5.92 Å². The van der Waals surface area contributed by atoms with Gasteiger partial charge in [0.05, 0.1) is 11.0 Å². The summed E-state index contributed by atoms with van der Waals surface area (Å²) in [6.45, 7) is 6.37. The Kier molecular flexibility index (Phi) is 6.84. The fourth-order valence-electron chi connectivity index (χ4n) is 4.43. The molecule has 1 aliphatic carbocycles. The van der Waals surface area contributed by atoms with Crippen LogP contribution >= 0.6 is 0 Å². The summed E-state index contributed by atoms with van der Waals surface area (Å²) in [5, 5.41) is 13.9. The number of nitrogens with zero attached hydrogens (tertiary/aromatic N) is 3. The molecule has 8 nitrogen and oxygen atoms in total. The molecule has 0 radical (unpaired) electrons. The maximum Gasteiger partial charge on any atom is 0.269 e. The summed E-state index contributed by atoms with van der Waals surface area (Å²) >= 11 is 0. The predicted molar refractivity (Wildman–Crippen MR) is 110 cm³/mol. The molecule has 1 saturated heterocycles. The minimum absolute atomic E-state index is 0.0260. The van der Waals surface area contributed by atoms with E-state index < -0.39 is 4.92 Å². The first-order valence-electron chi connectivity index (χ1n) is 10.4. The third-order valence-electron chi connectivity index (χ3n) is 5.87. The Balaban J connectivity index is 1.63. The molecule has 1 saturated carbocycles. The highest BCUT2D eigenvalue weighted by Crippen LogP contribution is 2.31. The SMILES string of the molecule is CC(C)NC(=O)C(C1CCCC1)N1CCN(C(=O)c2ccc([N+](=O)[O-])cc2)CC1. The van der Waals surface area contributed by atoms with Crippen LogP contribution in [0.2, 0.25) is 0 Å². The fourth-order valence-corrected chi connectivity index (χ4v) is 4.43. The summed E-state index contributed by atoms with van der Waals surface area (Å²) in [5.41, 5.74) is 0.427. The zero-order valence-corrected chi connectivity index (χ0v) is 17.2. The fraction of sp³-hybridized carbons (Fsp3) is 0.619. The second-order valence-electron chi connectivity index (χ2n) is 8.28. The molecule has 0 aromatic heterocycles. The van der Waals surface area contributed by atoms with Crippen molar-refractivity contribution < 1.29 is 14.5 Å². The molecule has 2 amide bonds. The molecule has 158 valence electrons. The number of rotatable bonds is 6. The van der Waals surface area contributed by atoms with Crippen LogP contribution in [0, 0.1) is 16.0 Å². The molecule has 1 aromatic carbocycles. The summed E-state index contributed by atoms with van der Waals surface area (Å²) < 4.78 is 0. The molecular formula is C21H30N4O4. The summed E-state index contributed by atoms with van der Waals surface area (Å²) in [5.74, 6) is 0.358. The number of benzene rings is 1. The summed E-state index contributed by atoms with van der Waals surface area (Å²) in [6.07, 6.45) is 4.51. The summed E-state index contributed by atoms with van der Waals surface area (Å²) in [4.78, 5) is 39.9. The van der Waals surface area contributed by atoms with Crippen molar-refractivity contribution in [2.45, 2.75) is 51.6 Å². The highest BCUT2D eigenvalue weighted by molar-refractivity contribution is 5.94. The van der Waals surface area contributed by atoms with Gasteiger partial charge in [-0.15, -0.1) is 0 Å². The molecule has 8 heteroatoms. The van der Waals surface area contributed by atoms with Crippen molar-refractivity contribution in [1.29, 1.82) is 0 Å². The van der Waals surface area contributed by atoms with E-state index in [2.05, 4.69) is 10.2 Å². The Labute approximate surface area is 171 Å². The maximum atomic E-state index is 12.9. The van der Waals surface area contributed by atoms with Crippen LogP contribution in [0.3, 0.4) is 0 Å². The van der Waals surface area contributed by atoms with Crippen LogP contribution in [0.15, 0.2) is 24.3 Å². The van der Waals surface area contributed by atoms with Crippen LogP contribution in [0.4, 0.5) is 5.69 Å². The molecule has 29 heavy (non-hydrogen) atoms. The van der Waals surface area contributed by atoms with Crippen molar-refractivity contribution in [2.75, 3.05) is 26.2 Å². The van der Waals surface area contributed by atoms with Gasteiger partial charge in [-0.25, -0.2) is 0 Å². The van der Waals surface area contributed by atoms with Gasteiger partial charge in [-0.3, -0.25) is 24.6 Å². The number of nitro benzene ring substituents is 1. The number of amides is 2. The molecule has 1 unspecified atom stereocenters. The number of hydrogen-bond donors (Lipinski definition) is 1. The smallest absolute Gasteiger partial charge is 0.269 e. The Morgan fingerprint density at radius 1 is 1.07 bits per heavy atom. The quantitative estimate of drug-likeness (QED) is 0.582. The first kappa shape index (κ1) is 21.2. The van der Waals surface area contributed by atoms with Gasteiger partial charge in [0.1, 0.15) is 0 Å². The molecular weight excluding hydrogens is 372 g/mol. The van der Waals surface area contributed by atoms with E-state index in [-0.39, 0.29) is 29.6 Å². The largest absolute Gasteiger partial charge is 0.353 e. The van der Waals surface area contributed by atoms with Crippen molar-refractivity contribution in [3.8, 4) is 0 Å². The lowest BCUT2D eigenvalue weighted by molar-refractivity contribution is -0.384. The van der Waals surface area contributed by atoms with Crippen molar-refractivity contribution in [1.82, 2.24) is 15.1 Å². The van der Waals surface area contributed by atoms with Crippen LogP contribution in [0.25, 0.3) is 0 Å². The molecule has 0 bridgehead atoms. The van der Waals surface area contributed by atoms with E-state index in [0.717, 1.165) is 12.8 Å². The third-order valence-corrected chi connectivity index (χ3v) is 5.87. The van der Waals surface area contributed by atoms with Gasteiger partial charge in [0.15, 0.2) is 0 Å². The van der Waals surface area contributed by atoms with E-state index in [1.54, 1.807) is 4.90 Å². The molecule has 0 spiro atoms. The Hall–Kier alpha value is -2.48. The van der Waals surface area contributed by atoms with E-state index in [1.165, 1.54) is 37.1 Å². The number of piperazine rings is 1. The topological polar surface area (TPSA) is 95.8 Å². The minimum Gasteiger partial charge on any atom is -0.353 e. The van der Waals surface area contributed by atoms with E-state index in [4.69, 9.17) is 0 Å². The van der Waals surface area contributed by atoms with Crippen molar-refractivity contribution >= 4 is 17.5 Å². The normalized spacial score (nSPS) is 19.3. The highest BCUT2D eigenvalue weighted by Gasteiger charge is 2.37. The van der Waals surface area contributed by atoms with Crippen LogP contribution in [-0.4, -0.2) is 64.8 Å². The van der Waals surface area contributed by atoms with E-state index in [9.17, 15) is 19.7 Å². The van der Waals surface area contributed by atoms with Crippen molar-refractivity contribution in [3.05, 3.63) is 39.9 Å². The molecule has 1 N–H and O–H groups in total. The van der Waals surface area contributed by atoms with Gasteiger partial charge < -0.3 is 10.2 Å². The Morgan fingerprint density at radius 2 is 1.66 bits per heavy atom. The monoisotopic (exact) mass is 402 g/mol. The number of hydrogen-bond acceptors (Lipinski definition) is 5. The van der Waals surface area contributed by atoms with Crippen LogP contribution in [0.5, 0.6) is 0 Å². The van der Waals surface area contributed by atoms with E-state index >= 15 is 0 Å². The molecule has 1 atom stereocenters. The van der Waals surface area contributed by atoms with Crippen LogP contribution < -0.4 is 5.32 Å². The van der Waals surface area contributed by atoms with E-state index in [0.29, 0.717) is 37.7 Å². The zero-order valence-electron chi connectivity index (χ0n) is 17.2. The lowest BCUT2D eigenvalue weighted by atomic mass is 9.94. The second-order valence-corrected chi connectivity index (χ2v) is 8.28. The van der Waals surface area contributed by atoms with Gasteiger partial charge in [0.2, 0.25) is 5.91 Å². The first-order valence-corrected chi connectivity index (χ1v) is 10.4. The van der Waals surface area contributed by atoms with Gasteiger partial charge in [0, 0.05) is 49.9 Å². The molecule has 3 rings (SSSR count). The third kappa shape index (κ3) is 5.12. The first-order chi connectivity index (χ1) is 13.9. The average Bonchev–Trinajstić information content (AvgIpc) is 3.22. The number of non-ortho nitro benzene ring substituents is 1. The average molecular weight is 402 g/mol. The zero-order chi connectivity index (χ0) is 21.0. The van der Waals surface area contributed by atoms with Crippen LogP contribution in [-0.2, 0) is 4.79 Å². The number of carbonyl (C=O) groups is 2.